The molecule has 0 saturated carbocycles. The molecule has 0 amide bonds. The monoisotopic (exact) mass is 319 g/mol. The van der Waals surface area contributed by atoms with Gasteiger partial charge < -0.3 is 5.32 Å². The normalized spacial score (nSPS) is 19.7. The maximum atomic E-state index is 12.7. The van der Waals surface area contributed by atoms with Crippen molar-refractivity contribution < 1.29 is 4.79 Å². The Kier molecular flexibility index (Phi) is 4.22. The standard InChI is InChI=1S/C20H21N3O/c24-19(10-14-2-1-7-22-12-14)16-3-4-17-13-23-20(18(17)11-16)15-5-8-21-9-6-15/h3-6,8-9,11,14,22H,1-2,7,10,12-13H2/t14-/m0/s1. The first kappa shape index (κ1) is 15.2. The van der Waals surface area contributed by atoms with Crippen LogP contribution in [0.5, 0.6) is 0 Å². The number of benzene rings is 1. The molecule has 24 heavy (non-hydrogen) atoms. The van der Waals surface area contributed by atoms with E-state index in [-0.39, 0.29) is 5.78 Å². The summed E-state index contributed by atoms with van der Waals surface area (Å²) in [6.07, 6.45) is 6.50. The highest BCUT2D eigenvalue weighted by atomic mass is 16.1. The summed E-state index contributed by atoms with van der Waals surface area (Å²) in [4.78, 5) is 21.4. The molecular weight excluding hydrogens is 298 g/mol. The van der Waals surface area contributed by atoms with E-state index >= 15 is 0 Å². The summed E-state index contributed by atoms with van der Waals surface area (Å²) in [7, 11) is 0. The Balaban J connectivity index is 1.57. The van der Waals surface area contributed by atoms with Gasteiger partial charge in [-0.15, -0.1) is 0 Å². The first-order valence-corrected chi connectivity index (χ1v) is 8.63. The molecule has 0 radical (unpaired) electrons. The highest BCUT2D eigenvalue weighted by Gasteiger charge is 2.21. The molecule has 1 atom stereocenters. The van der Waals surface area contributed by atoms with Gasteiger partial charge in [0.15, 0.2) is 5.78 Å². The number of ketones is 1. The summed E-state index contributed by atoms with van der Waals surface area (Å²) in [5.74, 6) is 0.709. The van der Waals surface area contributed by atoms with E-state index in [0.29, 0.717) is 18.9 Å². The van der Waals surface area contributed by atoms with Crippen LogP contribution in [0.15, 0.2) is 47.7 Å². The number of pyridine rings is 1. The van der Waals surface area contributed by atoms with Gasteiger partial charge in [0, 0.05) is 35.5 Å². The second-order valence-electron chi connectivity index (χ2n) is 6.61. The predicted octanol–water partition coefficient (Wildman–Crippen LogP) is 3.01. The number of carbonyl (C=O) groups excluding carboxylic acids is 1. The van der Waals surface area contributed by atoms with E-state index < -0.39 is 0 Å². The minimum atomic E-state index is 0.243. The van der Waals surface area contributed by atoms with Gasteiger partial charge in [-0.3, -0.25) is 14.8 Å². The van der Waals surface area contributed by atoms with Crippen LogP contribution >= 0.6 is 0 Å². The van der Waals surface area contributed by atoms with Gasteiger partial charge in [0.05, 0.1) is 12.3 Å². The lowest BCUT2D eigenvalue weighted by Crippen LogP contribution is -2.31. The molecule has 0 unspecified atom stereocenters. The Morgan fingerprint density at radius 1 is 1.21 bits per heavy atom. The van der Waals surface area contributed by atoms with Crippen molar-refractivity contribution in [1.29, 1.82) is 0 Å². The number of hydrogen-bond donors (Lipinski definition) is 1. The predicted molar refractivity (Wildman–Crippen MR) is 94.6 cm³/mol. The Morgan fingerprint density at radius 2 is 2.08 bits per heavy atom. The SMILES string of the molecule is O=C(C[C@@H]1CCCNC1)c1ccc2c(c1)C(c1ccncc1)=NC2. The third-order valence-corrected chi connectivity index (χ3v) is 4.92. The summed E-state index contributed by atoms with van der Waals surface area (Å²) < 4.78 is 0. The van der Waals surface area contributed by atoms with E-state index in [2.05, 4.69) is 21.4 Å². The summed E-state index contributed by atoms with van der Waals surface area (Å²) in [6.45, 7) is 2.73. The molecule has 1 N–H and O–H groups in total. The van der Waals surface area contributed by atoms with E-state index in [9.17, 15) is 4.79 Å². The molecule has 1 aromatic heterocycles. The zero-order valence-electron chi connectivity index (χ0n) is 13.7. The van der Waals surface area contributed by atoms with E-state index in [0.717, 1.165) is 41.9 Å². The maximum absolute atomic E-state index is 12.7. The number of piperidine rings is 1. The lowest BCUT2D eigenvalue weighted by Gasteiger charge is -2.22. The van der Waals surface area contributed by atoms with Crippen molar-refractivity contribution in [3.05, 3.63) is 65.0 Å². The van der Waals surface area contributed by atoms with Gasteiger partial charge in [-0.1, -0.05) is 12.1 Å². The Labute approximate surface area is 142 Å². The van der Waals surface area contributed by atoms with E-state index in [4.69, 9.17) is 0 Å². The van der Waals surface area contributed by atoms with Gasteiger partial charge in [0.1, 0.15) is 0 Å². The van der Waals surface area contributed by atoms with Crippen LogP contribution in [0, 0.1) is 5.92 Å². The molecule has 0 spiro atoms. The minimum Gasteiger partial charge on any atom is -0.316 e. The Morgan fingerprint density at radius 3 is 2.88 bits per heavy atom. The highest BCUT2D eigenvalue weighted by molar-refractivity contribution is 6.16. The summed E-state index contributed by atoms with van der Waals surface area (Å²) in [5, 5.41) is 3.38. The number of fused-ring (bicyclic) bond motifs is 1. The lowest BCUT2D eigenvalue weighted by molar-refractivity contribution is 0.0954. The van der Waals surface area contributed by atoms with Crippen LogP contribution in [0.2, 0.25) is 0 Å². The van der Waals surface area contributed by atoms with Crippen molar-refractivity contribution in [2.75, 3.05) is 13.1 Å². The van der Waals surface area contributed by atoms with Crippen LogP contribution < -0.4 is 5.32 Å². The molecule has 4 heteroatoms. The van der Waals surface area contributed by atoms with Gasteiger partial charge in [0.25, 0.3) is 0 Å². The first-order valence-electron chi connectivity index (χ1n) is 8.63. The van der Waals surface area contributed by atoms with Crippen LogP contribution in [0.1, 0.15) is 46.3 Å². The number of hydrogen-bond acceptors (Lipinski definition) is 4. The molecule has 3 heterocycles. The zero-order chi connectivity index (χ0) is 16.4. The fraction of sp³-hybridized carbons (Fsp3) is 0.350. The summed E-state index contributed by atoms with van der Waals surface area (Å²) in [6, 6.07) is 9.98. The molecule has 4 rings (SSSR count). The molecule has 2 aliphatic rings. The van der Waals surface area contributed by atoms with Crippen molar-refractivity contribution in [3.8, 4) is 0 Å². The van der Waals surface area contributed by atoms with Gasteiger partial charge in [0.2, 0.25) is 0 Å². The molecule has 4 nitrogen and oxygen atoms in total. The molecule has 0 bridgehead atoms. The quantitative estimate of drug-likeness (QED) is 0.881. The third kappa shape index (κ3) is 3.02. The second-order valence-corrected chi connectivity index (χ2v) is 6.61. The maximum Gasteiger partial charge on any atom is 0.163 e. The Hall–Kier alpha value is -2.33. The second kappa shape index (κ2) is 6.65. The van der Waals surface area contributed by atoms with Crippen LogP contribution in [-0.4, -0.2) is 29.6 Å². The van der Waals surface area contributed by atoms with Crippen LogP contribution in [0.3, 0.4) is 0 Å². The number of nitrogens with one attached hydrogen (secondary N) is 1. The van der Waals surface area contributed by atoms with Gasteiger partial charge in [-0.25, -0.2) is 0 Å². The van der Waals surface area contributed by atoms with E-state index in [1.807, 2.05) is 24.3 Å². The first-order chi connectivity index (χ1) is 11.8. The molecule has 122 valence electrons. The van der Waals surface area contributed by atoms with E-state index in [1.54, 1.807) is 12.4 Å². The number of aliphatic imine (C=N–C) groups is 1. The third-order valence-electron chi connectivity index (χ3n) is 4.92. The summed E-state index contributed by atoms with van der Waals surface area (Å²) >= 11 is 0. The largest absolute Gasteiger partial charge is 0.316 e. The lowest BCUT2D eigenvalue weighted by atomic mass is 9.90. The molecular formula is C20H21N3O. The van der Waals surface area contributed by atoms with Crippen molar-refractivity contribution >= 4 is 11.5 Å². The van der Waals surface area contributed by atoms with Gasteiger partial charge in [-0.2, -0.15) is 0 Å². The number of aromatic nitrogens is 1. The average Bonchev–Trinajstić information content (AvgIpc) is 3.06. The number of Topliss-reactive ketones (excluding diaryl/α,β-unsaturated/α-hetero) is 1. The van der Waals surface area contributed by atoms with Gasteiger partial charge >= 0.3 is 0 Å². The topological polar surface area (TPSA) is 54.4 Å². The number of rotatable bonds is 4. The van der Waals surface area contributed by atoms with Crippen LogP contribution in [-0.2, 0) is 6.54 Å². The van der Waals surface area contributed by atoms with Crippen LogP contribution in [0.25, 0.3) is 0 Å². The fourth-order valence-electron chi connectivity index (χ4n) is 3.59. The van der Waals surface area contributed by atoms with Crippen molar-refractivity contribution in [1.82, 2.24) is 10.3 Å². The zero-order valence-corrected chi connectivity index (χ0v) is 13.7. The average molecular weight is 319 g/mol. The molecule has 0 aliphatic carbocycles. The smallest absolute Gasteiger partial charge is 0.163 e. The van der Waals surface area contributed by atoms with Crippen molar-refractivity contribution in [3.63, 3.8) is 0 Å². The van der Waals surface area contributed by atoms with E-state index in [1.165, 1.54) is 12.0 Å². The van der Waals surface area contributed by atoms with Crippen molar-refractivity contribution in [2.24, 2.45) is 10.9 Å². The van der Waals surface area contributed by atoms with Gasteiger partial charge in [-0.05, 0) is 55.6 Å². The molecule has 2 aliphatic heterocycles. The van der Waals surface area contributed by atoms with Crippen LogP contribution in [0.4, 0.5) is 0 Å². The minimum absolute atomic E-state index is 0.243. The number of carbonyl (C=O) groups is 1. The Bertz CT molecular complexity index is 777. The molecule has 2 aromatic rings. The molecule has 1 aromatic carbocycles. The highest BCUT2D eigenvalue weighted by Crippen LogP contribution is 2.25. The molecule has 1 saturated heterocycles. The summed E-state index contributed by atoms with van der Waals surface area (Å²) in [5.41, 5.74) is 5.13. The van der Waals surface area contributed by atoms with Crippen molar-refractivity contribution in [2.45, 2.75) is 25.8 Å². The molecule has 1 fully saturated rings. The fourth-order valence-corrected chi connectivity index (χ4v) is 3.59. The number of nitrogens with zero attached hydrogens (tertiary/aromatic N) is 2.